The molecule has 2 aromatic rings. The highest BCUT2D eigenvalue weighted by Gasteiger charge is 2.44. The molecule has 3 heterocycles. The van der Waals surface area contributed by atoms with Crippen molar-refractivity contribution in [2.75, 3.05) is 33.9 Å². The molecule has 1 aromatic heterocycles. The van der Waals surface area contributed by atoms with Crippen molar-refractivity contribution in [1.29, 1.82) is 0 Å². The van der Waals surface area contributed by atoms with Gasteiger partial charge in [0, 0.05) is 29.7 Å². The molecular formula is C22H28N2O4. The Labute approximate surface area is 165 Å². The van der Waals surface area contributed by atoms with E-state index < -0.39 is 5.92 Å². The molecule has 0 spiro atoms. The van der Waals surface area contributed by atoms with Crippen LogP contribution in [0.1, 0.15) is 23.7 Å². The van der Waals surface area contributed by atoms with Crippen LogP contribution in [0.15, 0.2) is 30.9 Å². The molecule has 4 atom stereocenters. The Kier molecular flexibility index (Phi) is 5.17. The molecule has 2 aliphatic heterocycles. The zero-order chi connectivity index (χ0) is 19.8. The fourth-order valence-corrected chi connectivity index (χ4v) is 5.09. The van der Waals surface area contributed by atoms with E-state index in [-0.39, 0.29) is 30.5 Å². The quantitative estimate of drug-likeness (QED) is 0.612. The van der Waals surface area contributed by atoms with Gasteiger partial charge in [-0.15, -0.1) is 6.58 Å². The zero-order valence-electron chi connectivity index (χ0n) is 16.5. The highest BCUT2D eigenvalue weighted by atomic mass is 16.5. The molecular weight excluding hydrogens is 356 g/mol. The molecule has 6 heteroatoms. The number of benzene rings is 1. The van der Waals surface area contributed by atoms with Crippen molar-refractivity contribution < 1.29 is 19.4 Å². The van der Waals surface area contributed by atoms with Crippen molar-refractivity contribution in [3.05, 3.63) is 42.1 Å². The molecule has 1 saturated heterocycles. The number of fused-ring (bicyclic) bond motifs is 5. The fourth-order valence-electron chi connectivity index (χ4n) is 5.09. The van der Waals surface area contributed by atoms with Crippen molar-refractivity contribution in [2.45, 2.75) is 18.9 Å². The summed E-state index contributed by atoms with van der Waals surface area (Å²) >= 11 is 0. The number of hydrogen-bond donors (Lipinski definition) is 2. The Hall–Kier alpha value is -2.31. The fraction of sp³-hybridized carbons (Fsp3) is 0.500. The number of hydrogen-bond acceptors (Lipinski definition) is 5. The lowest BCUT2D eigenvalue weighted by molar-refractivity contribution is -0.151. The van der Waals surface area contributed by atoms with Gasteiger partial charge >= 0.3 is 5.97 Å². The SMILES string of the molecule is C=CC1CN2CCc3c([nH]c4ccc(OC)cc34)C2CC1C(CO)C(=O)OC. The number of piperidine rings is 1. The third kappa shape index (κ3) is 3.01. The van der Waals surface area contributed by atoms with Gasteiger partial charge in [0.05, 0.1) is 32.8 Å². The molecule has 0 aliphatic carbocycles. The van der Waals surface area contributed by atoms with Crippen LogP contribution in [-0.4, -0.2) is 54.9 Å². The molecule has 0 bridgehead atoms. The molecule has 1 aromatic carbocycles. The smallest absolute Gasteiger partial charge is 0.311 e. The second-order valence-electron chi connectivity index (χ2n) is 7.80. The number of aromatic amines is 1. The van der Waals surface area contributed by atoms with E-state index in [4.69, 9.17) is 9.47 Å². The third-order valence-corrected chi connectivity index (χ3v) is 6.58. The third-order valence-electron chi connectivity index (χ3n) is 6.58. The Bertz CT molecular complexity index is 890. The summed E-state index contributed by atoms with van der Waals surface area (Å²) in [5.74, 6) is 0.146. The zero-order valence-corrected chi connectivity index (χ0v) is 16.5. The van der Waals surface area contributed by atoms with Crippen molar-refractivity contribution in [1.82, 2.24) is 9.88 Å². The molecule has 4 rings (SSSR count). The number of H-pyrrole nitrogens is 1. The van der Waals surface area contributed by atoms with Gasteiger partial charge in [0.2, 0.25) is 0 Å². The van der Waals surface area contributed by atoms with Gasteiger partial charge in [0.25, 0.3) is 0 Å². The average molecular weight is 384 g/mol. The molecule has 0 amide bonds. The Morgan fingerprint density at radius 1 is 1.46 bits per heavy atom. The topological polar surface area (TPSA) is 74.8 Å². The first-order chi connectivity index (χ1) is 13.6. The van der Waals surface area contributed by atoms with Crippen LogP contribution >= 0.6 is 0 Å². The number of aliphatic hydroxyl groups excluding tert-OH is 1. The number of aromatic nitrogens is 1. The lowest BCUT2D eigenvalue weighted by atomic mass is 9.72. The molecule has 150 valence electrons. The first-order valence-electron chi connectivity index (χ1n) is 9.85. The maximum atomic E-state index is 12.3. The Morgan fingerprint density at radius 3 is 2.96 bits per heavy atom. The van der Waals surface area contributed by atoms with Crippen LogP contribution < -0.4 is 4.74 Å². The summed E-state index contributed by atoms with van der Waals surface area (Å²) in [6.07, 6.45) is 3.69. The minimum atomic E-state index is -0.523. The number of rotatable bonds is 5. The number of carbonyl (C=O) groups is 1. The van der Waals surface area contributed by atoms with Gasteiger partial charge in [-0.1, -0.05) is 6.08 Å². The second kappa shape index (κ2) is 7.60. The van der Waals surface area contributed by atoms with Gasteiger partial charge in [0.1, 0.15) is 5.75 Å². The van der Waals surface area contributed by atoms with Crippen LogP contribution in [0.3, 0.4) is 0 Å². The van der Waals surface area contributed by atoms with E-state index in [0.717, 1.165) is 37.2 Å². The predicted octanol–water partition coefficient (Wildman–Crippen LogP) is 2.68. The van der Waals surface area contributed by atoms with E-state index in [1.54, 1.807) is 7.11 Å². The number of ether oxygens (including phenoxy) is 2. The van der Waals surface area contributed by atoms with Gasteiger partial charge in [0.15, 0.2) is 0 Å². The highest BCUT2D eigenvalue weighted by molar-refractivity contribution is 5.86. The Morgan fingerprint density at radius 2 is 2.29 bits per heavy atom. The summed E-state index contributed by atoms with van der Waals surface area (Å²) in [5, 5.41) is 11.1. The number of methoxy groups -OCH3 is 2. The molecule has 0 saturated carbocycles. The van der Waals surface area contributed by atoms with Crippen LogP contribution in [-0.2, 0) is 16.0 Å². The minimum Gasteiger partial charge on any atom is -0.497 e. The van der Waals surface area contributed by atoms with Gasteiger partial charge in [-0.25, -0.2) is 0 Å². The average Bonchev–Trinajstić information content (AvgIpc) is 3.11. The molecule has 1 fully saturated rings. The molecule has 2 aliphatic rings. The monoisotopic (exact) mass is 384 g/mol. The number of esters is 1. The predicted molar refractivity (Wildman–Crippen MR) is 107 cm³/mol. The summed E-state index contributed by atoms with van der Waals surface area (Å²) in [7, 11) is 3.07. The second-order valence-corrected chi connectivity index (χ2v) is 7.80. The van der Waals surface area contributed by atoms with Gasteiger partial charge in [-0.2, -0.15) is 0 Å². The Balaban J connectivity index is 1.72. The van der Waals surface area contributed by atoms with Crippen molar-refractivity contribution in [3.8, 4) is 5.75 Å². The van der Waals surface area contributed by atoms with Gasteiger partial charge in [-0.3, -0.25) is 9.69 Å². The van der Waals surface area contributed by atoms with Crippen LogP contribution in [0, 0.1) is 17.8 Å². The van der Waals surface area contributed by atoms with E-state index >= 15 is 0 Å². The molecule has 4 unspecified atom stereocenters. The van der Waals surface area contributed by atoms with Crippen LogP contribution in [0.25, 0.3) is 10.9 Å². The van der Waals surface area contributed by atoms with Crippen molar-refractivity contribution in [3.63, 3.8) is 0 Å². The number of nitrogens with one attached hydrogen (secondary N) is 1. The van der Waals surface area contributed by atoms with E-state index in [1.807, 2.05) is 12.1 Å². The van der Waals surface area contributed by atoms with Crippen molar-refractivity contribution in [2.24, 2.45) is 17.8 Å². The van der Waals surface area contributed by atoms with Gasteiger partial charge < -0.3 is 19.6 Å². The normalized spacial score (nSPS) is 25.6. The summed E-state index contributed by atoms with van der Waals surface area (Å²) in [4.78, 5) is 18.4. The molecule has 2 N–H and O–H groups in total. The first kappa shape index (κ1) is 19.0. The van der Waals surface area contributed by atoms with Crippen molar-refractivity contribution >= 4 is 16.9 Å². The van der Waals surface area contributed by atoms with E-state index in [9.17, 15) is 9.90 Å². The number of nitrogens with zero attached hydrogens (tertiary/aromatic N) is 1. The van der Waals surface area contributed by atoms with E-state index in [2.05, 4.69) is 28.6 Å². The van der Waals surface area contributed by atoms with Gasteiger partial charge in [-0.05, 0) is 48.4 Å². The van der Waals surface area contributed by atoms with Crippen LogP contribution in [0.2, 0.25) is 0 Å². The van der Waals surface area contributed by atoms with Crippen LogP contribution in [0.5, 0.6) is 5.75 Å². The first-order valence-corrected chi connectivity index (χ1v) is 9.85. The largest absolute Gasteiger partial charge is 0.497 e. The maximum absolute atomic E-state index is 12.3. The highest BCUT2D eigenvalue weighted by Crippen LogP contribution is 2.45. The summed E-state index contributed by atoms with van der Waals surface area (Å²) in [6, 6.07) is 6.33. The lowest BCUT2D eigenvalue weighted by Crippen LogP contribution is -2.48. The maximum Gasteiger partial charge on any atom is 0.311 e. The number of aliphatic hydroxyl groups is 1. The standard InChI is InChI=1S/C22H28N2O4/c1-4-13-11-24-8-7-15-17-9-14(27-2)5-6-19(17)23-21(15)20(24)10-16(13)18(12-25)22(26)28-3/h4-6,9,13,16,18,20,23,25H,1,7-8,10-12H2,2-3H3. The van der Waals surface area contributed by atoms with E-state index in [1.165, 1.54) is 23.8 Å². The summed E-state index contributed by atoms with van der Waals surface area (Å²) < 4.78 is 10.4. The molecule has 6 nitrogen and oxygen atoms in total. The van der Waals surface area contributed by atoms with E-state index in [0.29, 0.717) is 0 Å². The minimum absolute atomic E-state index is 0.00287. The summed E-state index contributed by atoms with van der Waals surface area (Å²) in [6.45, 7) is 5.60. The lowest BCUT2D eigenvalue weighted by Gasteiger charge is -2.47. The molecule has 0 radical (unpaired) electrons. The number of carbonyl (C=O) groups excluding carboxylic acids is 1. The summed E-state index contributed by atoms with van der Waals surface area (Å²) in [5.41, 5.74) is 3.68. The van der Waals surface area contributed by atoms with Crippen LogP contribution in [0.4, 0.5) is 0 Å². The molecule has 28 heavy (non-hydrogen) atoms.